The van der Waals surface area contributed by atoms with Crippen molar-refractivity contribution >= 4 is 11.7 Å². The molecular formula is C17H20N8O2. The van der Waals surface area contributed by atoms with E-state index in [-0.39, 0.29) is 19.1 Å². The molecule has 0 aliphatic carbocycles. The molecule has 0 spiro atoms. The average Bonchev–Trinajstić information content (AvgIpc) is 3.32. The summed E-state index contributed by atoms with van der Waals surface area (Å²) in [6, 6.07) is 5.53. The molecule has 27 heavy (non-hydrogen) atoms. The minimum absolute atomic E-state index is 0.0978. The number of aromatic nitrogens is 6. The van der Waals surface area contributed by atoms with E-state index in [9.17, 15) is 4.79 Å². The maximum absolute atomic E-state index is 12.1. The van der Waals surface area contributed by atoms with Crippen molar-refractivity contribution in [2.75, 3.05) is 24.6 Å². The molecule has 4 rings (SSSR count). The zero-order valence-electron chi connectivity index (χ0n) is 14.7. The third kappa shape index (κ3) is 3.65. The average molecular weight is 368 g/mol. The number of aryl methyl sites for hydroxylation is 1. The number of aliphatic hydroxyl groups is 1. The number of hydrogen-bond donors (Lipinski definition) is 2. The van der Waals surface area contributed by atoms with E-state index in [1.807, 2.05) is 23.0 Å². The normalized spacial score (nSPS) is 13.9. The van der Waals surface area contributed by atoms with Gasteiger partial charge < -0.3 is 15.3 Å². The summed E-state index contributed by atoms with van der Waals surface area (Å²) in [6.07, 6.45) is 5.95. The molecule has 3 aromatic heterocycles. The number of fused-ring (bicyclic) bond motifs is 1. The SMILES string of the molecule is O=C(NCCO)c1cc2n(n1)CCCN(c1cc(-n3cccn3)ncn1)C2. The number of hydrogen-bond acceptors (Lipinski definition) is 7. The van der Waals surface area contributed by atoms with Crippen LogP contribution in [0.2, 0.25) is 0 Å². The second-order valence-electron chi connectivity index (χ2n) is 6.18. The first-order valence-electron chi connectivity index (χ1n) is 8.77. The number of carbonyl (C=O) groups excluding carboxylic acids is 1. The molecule has 1 aliphatic heterocycles. The Labute approximate surface area is 155 Å². The third-order valence-electron chi connectivity index (χ3n) is 4.35. The van der Waals surface area contributed by atoms with Gasteiger partial charge in [0, 0.05) is 38.1 Å². The van der Waals surface area contributed by atoms with Gasteiger partial charge >= 0.3 is 0 Å². The highest BCUT2D eigenvalue weighted by atomic mass is 16.3. The zero-order chi connectivity index (χ0) is 18.6. The summed E-state index contributed by atoms with van der Waals surface area (Å²) in [6.45, 7) is 2.26. The Bertz CT molecular complexity index is 921. The molecule has 0 aromatic carbocycles. The van der Waals surface area contributed by atoms with Crippen molar-refractivity contribution in [1.29, 1.82) is 0 Å². The smallest absolute Gasteiger partial charge is 0.271 e. The van der Waals surface area contributed by atoms with Crippen molar-refractivity contribution in [1.82, 2.24) is 34.8 Å². The fourth-order valence-corrected chi connectivity index (χ4v) is 3.07. The molecule has 140 valence electrons. The van der Waals surface area contributed by atoms with Gasteiger partial charge in [0.15, 0.2) is 11.5 Å². The van der Waals surface area contributed by atoms with Gasteiger partial charge in [-0.15, -0.1) is 0 Å². The van der Waals surface area contributed by atoms with E-state index < -0.39 is 0 Å². The molecule has 0 saturated heterocycles. The van der Waals surface area contributed by atoms with E-state index in [1.165, 1.54) is 6.33 Å². The van der Waals surface area contributed by atoms with Crippen LogP contribution in [0, 0.1) is 0 Å². The van der Waals surface area contributed by atoms with E-state index in [0.29, 0.717) is 18.1 Å². The Morgan fingerprint density at radius 3 is 2.93 bits per heavy atom. The summed E-state index contributed by atoms with van der Waals surface area (Å²) in [5.74, 6) is 1.22. The lowest BCUT2D eigenvalue weighted by molar-refractivity contribution is 0.0939. The van der Waals surface area contributed by atoms with Gasteiger partial charge in [0.25, 0.3) is 5.91 Å². The van der Waals surface area contributed by atoms with Crippen LogP contribution in [0.5, 0.6) is 0 Å². The lowest BCUT2D eigenvalue weighted by Crippen LogP contribution is -2.27. The molecule has 0 saturated carbocycles. The zero-order valence-corrected chi connectivity index (χ0v) is 14.7. The quantitative estimate of drug-likeness (QED) is 0.651. The Morgan fingerprint density at radius 1 is 1.22 bits per heavy atom. The number of nitrogens with zero attached hydrogens (tertiary/aromatic N) is 7. The molecule has 1 amide bonds. The first kappa shape index (κ1) is 17.2. The predicted molar refractivity (Wildman–Crippen MR) is 96.5 cm³/mol. The second kappa shape index (κ2) is 7.54. The number of amides is 1. The van der Waals surface area contributed by atoms with Crippen molar-refractivity contribution in [3.05, 3.63) is 48.3 Å². The lowest BCUT2D eigenvalue weighted by atomic mass is 10.3. The monoisotopic (exact) mass is 368 g/mol. The van der Waals surface area contributed by atoms with Gasteiger partial charge in [0.05, 0.1) is 18.8 Å². The van der Waals surface area contributed by atoms with Crippen molar-refractivity contribution in [2.45, 2.75) is 19.5 Å². The van der Waals surface area contributed by atoms with Crippen molar-refractivity contribution in [3.8, 4) is 5.82 Å². The first-order valence-corrected chi connectivity index (χ1v) is 8.77. The molecule has 2 N–H and O–H groups in total. The van der Waals surface area contributed by atoms with Gasteiger partial charge in [-0.25, -0.2) is 14.6 Å². The fourth-order valence-electron chi connectivity index (χ4n) is 3.07. The maximum atomic E-state index is 12.1. The molecule has 0 bridgehead atoms. The molecule has 0 unspecified atom stereocenters. The van der Waals surface area contributed by atoms with Crippen LogP contribution >= 0.6 is 0 Å². The van der Waals surface area contributed by atoms with Gasteiger partial charge in [-0.05, 0) is 18.6 Å². The summed E-state index contributed by atoms with van der Waals surface area (Å²) >= 11 is 0. The number of carbonyl (C=O) groups is 1. The summed E-state index contributed by atoms with van der Waals surface area (Å²) in [4.78, 5) is 22.9. The van der Waals surface area contributed by atoms with Crippen LogP contribution in [0.1, 0.15) is 22.6 Å². The van der Waals surface area contributed by atoms with E-state index in [4.69, 9.17) is 5.11 Å². The van der Waals surface area contributed by atoms with Crippen LogP contribution < -0.4 is 10.2 Å². The van der Waals surface area contributed by atoms with Gasteiger partial charge in [0.2, 0.25) is 0 Å². The maximum Gasteiger partial charge on any atom is 0.271 e. The predicted octanol–water partition coefficient (Wildman–Crippen LogP) is -0.00880. The minimum Gasteiger partial charge on any atom is -0.395 e. The third-order valence-corrected chi connectivity index (χ3v) is 4.35. The van der Waals surface area contributed by atoms with Crippen LogP contribution in [0.4, 0.5) is 5.82 Å². The molecule has 0 radical (unpaired) electrons. The highest BCUT2D eigenvalue weighted by molar-refractivity contribution is 5.92. The number of anilines is 1. The van der Waals surface area contributed by atoms with Crippen LogP contribution in [-0.2, 0) is 13.1 Å². The van der Waals surface area contributed by atoms with Crippen LogP contribution in [-0.4, -0.2) is 60.2 Å². The largest absolute Gasteiger partial charge is 0.395 e. The summed E-state index contributed by atoms with van der Waals surface area (Å²) in [5, 5.41) is 20.1. The Morgan fingerprint density at radius 2 is 2.11 bits per heavy atom. The molecule has 3 aromatic rings. The Hall–Kier alpha value is -3.27. The highest BCUT2D eigenvalue weighted by Crippen LogP contribution is 2.20. The first-order chi connectivity index (χ1) is 13.2. The summed E-state index contributed by atoms with van der Waals surface area (Å²) in [5.41, 5.74) is 1.31. The van der Waals surface area contributed by atoms with E-state index >= 15 is 0 Å². The van der Waals surface area contributed by atoms with Crippen molar-refractivity contribution in [2.24, 2.45) is 0 Å². The molecule has 1 aliphatic rings. The van der Waals surface area contributed by atoms with Crippen LogP contribution in [0.15, 0.2) is 36.9 Å². The van der Waals surface area contributed by atoms with E-state index in [2.05, 4.69) is 30.4 Å². The molecule has 0 fully saturated rings. The van der Waals surface area contributed by atoms with E-state index in [1.54, 1.807) is 16.9 Å². The fraction of sp³-hybridized carbons (Fsp3) is 0.353. The molecule has 0 atom stereocenters. The van der Waals surface area contributed by atoms with Gasteiger partial charge in [0.1, 0.15) is 12.1 Å². The van der Waals surface area contributed by atoms with Gasteiger partial charge in [-0.1, -0.05) is 0 Å². The van der Waals surface area contributed by atoms with E-state index in [0.717, 1.165) is 31.0 Å². The van der Waals surface area contributed by atoms with Crippen LogP contribution in [0.3, 0.4) is 0 Å². The van der Waals surface area contributed by atoms with Gasteiger partial charge in [-0.3, -0.25) is 9.48 Å². The molecule has 4 heterocycles. The number of nitrogens with one attached hydrogen (secondary N) is 1. The topological polar surface area (TPSA) is 114 Å². The Balaban J connectivity index is 1.56. The lowest BCUT2D eigenvalue weighted by Gasteiger charge is -2.21. The second-order valence-corrected chi connectivity index (χ2v) is 6.18. The Kier molecular flexibility index (Phi) is 4.79. The van der Waals surface area contributed by atoms with Gasteiger partial charge in [-0.2, -0.15) is 10.2 Å². The molecule has 10 nitrogen and oxygen atoms in total. The molecular weight excluding hydrogens is 348 g/mol. The standard InChI is InChI=1S/C17H20N8O2/c26-8-4-18-17(27)14-9-13-11-23(5-2-7-24(13)22-14)15-10-16(20-12-19-15)25-6-1-3-21-25/h1,3,6,9-10,12,26H,2,4-5,7-8,11H2,(H,18,27). The minimum atomic E-state index is -0.279. The summed E-state index contributed by atoms with van der Waals surface area (Å²) < 4.78 is 3.56. The number of rotatable bonds is 5. The summed E-state index contributed by atoms with van der Waals surface area (Å²) in [7, 11) is 0. The number of aliphatic hydroxyl groups excluding tert-OH is 1. The van der Waals surface area contributed by atoms with Crippen molar-refractivity contribution in [3.63, 3.8) is 0 Å². The van der Waals surface area contributed by atoms with Crippen molar-refractivity contribution < 1.29 is 9.90 Å². The highest BCUT2D eigenvalue weighted by Gasteiger charge is 2.20. The van der Waals surface area contributed by atoms with Crippen LogP contribution in [0.25, 0.3) is 5.82 Å². The molecule has 10 heteroatoms.